The molecule has 0 aromatic carbocycles. The van der Waals surface area contributed by atoms with Crippen LogP contribution >= 0.6 is 0 Å². The van der Waals surface area contributed by atoms with Gasteiger partial charge in [-0.15, -0.1) is 6.58 Å². The van der Waals surface area contributed by atoms with Crippen molar-refractivity contribution >= 4 is 0 Å². The van der Waals surface area contributed by atoms with Crippen LogP contribution in [0.3, 0.4) is 0 Å². The molecule has 0 fully saturated rings. The second kappa shape index (κ2) is 7.11. The smallest absolute Gasteiger partial charge is 0.160 e. The average Bonchev–Trinajstić information content (AvgIpc) is 2.30. The molecule has 0 aliphatic heterocycles. The first kappa shape index (κ1) is 14.6. The molecule has 0 atom stereocenters. The molecule has 1 heterocycles. The molecule has 0 saturated carbocycles. The summed E-state index contributed by atoms with van der Waals surface area (Å²) in [5.74, 6) is 1.94. The Morgan fingerprint density at radius 1 is 1.50 bits per heavy atom. The van der Waals surface area contributed by atoms with Crippen LogP contribution in [0.2, 0.25) is 0 Å². The largest absolute Gasteiger partial charge is 0.490 e. The first-order valence-corrected chi connectivity index (χ1v) is 6.32. The van der Waals surface area contributed by atoms with E-state index in [9.17, 15) is 0 Å². The molecular formula is C14H23N3O. The molecule has 100 valence electrons. The van der Waals surface area contributed by atoms with E-state index >= 15 is 0 Å². The topological polar surface area (TPSA) is 47.0 Å². The maximum absolute atomic E-state index is 5.71. The zero-order valence-electron chi connectivity index (χ0n) is 11.8. The molecule has 18 heavy (non-hydrogen) atoms. The van der Waals surface area contributed by atoms with Crippen LogP contribution in [-0.2, 0) is 6.54 Å². The number of rotatable bonds is 7. The Morgan fingerprint density at radius 3 is 2.78 bits per heavy atom. The fourth-order valence-corrected chi connectivity index (χ4v) is 1.45. The number of nitrogens with zero attached hydrogens (tertiary/aromatic N) is 2. The van der Waals surface area contributed by atoms with Gasteiger partial charge in [0.2, 0.25) is 0 Å². The number of hydrogen-bond donors (Lipinski definition) is 1. The summed E-state index contributed by atoms with van der Waals surface area (Å²) >= 11 is 0. The third-order valence-corrected chi connectivity index (χ3v) is 2.50. The van der Waals surface area contributed by atoms with Crippen molar-refractivity contribution in [2.24, 2.45) is 0 Å². The zero-order chi connectivity index (χ0) is 13.5. The number of hydrogen-bond acceptors (Lipinski definition) is 4. The lowest BCUT2D eigenvalue weighted by Crippen LogP contribution is -2.12. The molecule has 0 aliphatic carbocycles. The third-order valence-electron chi connectivity index (χ3n) is 2.50. The molecule has 0 unspecified atom stereocenters. The summed E-state index contributed by atoms with van der Waals surface area (Å²) < 4.78 is 5.71. The number of nitrogens with one attached hydrogen (secondary N) is 1. The highest BCUT2D eigenvalue weighted by Gasteiger charge is 2.10. The first-order valence-electron chi connectivity index (χ1n) is 6.32. The van der Waals surface area contributed by atoms with Crippen molar-refractivity contribution in [3.05, 3.63) is 29.9 Å². The summed E-state index contributed by atoms with van der Waals surface area (Å²) in [6.45, 7) is 11.3. The van der Waals surface area contributed by atoms with Crippen LogP contribution in [0.15, 0.2) is 18.3 Å². The normalized spacial score (nSPS) is 10.7. The Hall–Kier alpha value is -1.42. The predicted octanol–water partition coefficient (Wildman–Crippen LogP) is 2.66. The molecule has 0 amide bonds. The molecule has 0 saturated heterocycles. The van der Waals surface area contributed by atoms with Gasteiger partial charge in [-0.3, -0.25) is 0 Å². The fraction of sp³-hybridized carbons (Fsp3) is 0.571. The predicted molar refractivity (Wildman–Crippen MR) is 73.8 cm³/mol. The molecule has 1 aromatic heterocycles. The van der Waals surface area contributed by atoms with E-state index in [-0.39, 0.29) is 0 Å². The summed E-state index contributed by atoms with van der Waals surface area (Å²) in [7, 11) is 1.90. The van der Waals surface area contributed by atoms with Gasteiger partial charge in [0, 0.05) is 18.9 Å². The molecular weight excluding hydrogens is 226 g/mol. The van der Waals surface area contributed by atoms with Crippen LogP contribution in [0.5, 0.6) is 5.75 Å². The minimum Gasteiger partial charge on any atom is -0.490 e. The van der Waals surface area contributed by atoms with Crippen LogP contribution in [0.25, 0.3) is 0 Å². The molecule has 0 aliphatic rings. The Bertz CT molecular complexity index is 402. The van der Waals surface area contributed by atoms with Crippen molar-refractivity contribution in [2.75, 3.05) is 13.7 Å². The molecule has 0 bridgehead atoms. The summed E-state index contributed by atoms with van der Waals surface area (Å²) in [5, 5.41) is 3.10. The van der Waals surface area contributed by atoms with Gasteiger partial charge in [-0.1, -0.05) is 19.4 Å². The molecule has 0 radical (unpaired) electrons. The molecule has 0 spiro atoms. The van der Waals surface area contributed by atoms with Crippen molar-refractivity contribution in [2.45, 2.75) is 39.7 Å². The molecule has 1 rings (SSSR count). The summed E-state index contributed by atoms with van der Waals surface area (Å²) in [5.41, 5.74) is 2.03. The van der Waals surface area contributed by atoms with Crippen molar-refractivity contribution in [1.29, 1.82) is 0 Å². The lowest BCUT2D eigenvalue weighted by atomic mass is 10.2. The number of ether oxygens (including phenoxy) is 1. The summed E-state index contributed by atoms with van der Waals surface area (Å²) in [6, 6.07) is 0. The van der Waals surface area contributed by atoms with Crippen molar-refractivity contribution < 1.29 is 4.74 Å². The lowest BCUT2D eigenvalue weighted by molar-refractivity contribution is 0.313. The zero-order valence-corrected chi connectivity index (χ0v) is 11.8. The van der Waals surface area contributed by atoms with E-state index in [1.165, 1.54) is 0 Å². The van der Waals surface area contributed by atoms with Gasteiger partial charge in [-0.05, 0) is 14.0 Å². The number of aromatic nitrogens is 2. The average molecular weight is 249 g/mol. The molecule has 1 N–H and O–H groups in total. The van der Waals surface area contributed by atoms with Crippen molar-refractivity contribution in [3.63, 3.8) is 0 Å². The van der Waals surface area contributed by atoms with Gasteiger partial charge in [0.05, 0.1) is 18.5 Å². The van der Waals surface area contributed by atoms with Crippen LogP contribution in [0, 0.1) is 0 Å². The minimum atomic E-state index is 0.324. The SMILES string of the molecule is C=C(C)CCOc1cnc(C(C)C)nc1CNC. The van der Waals surface area contributed by atoms with E-state index in [0.29, 0.717) is 19.1 Å². The van der Waals surface area contributed by atoms with E-state index in [0.717, 1.165) is 29.3 Å². The fourth-order valence-electron chi connectivity index (χ4n) is 1.45. The van der Waals surface area contributed by atoms with Gasteiger partial charge in [0.1, 0.15) is 5.82 Å². The Morgan fingerprint density at radius 2 is 2.22 bits per heavy atom. The maximum atomic E-state index is 5.71. The van der Waals surface area contributed by atoms with Crippen molar-refractivity contribution in [1.82, 2.24) is 15.3 Å². The minimum absolute atomic E-state index is 0.324. The highest BCUT2D eigenvalue weighted by Crippen LogP contribution is 2.18. The van der Waals surface area contributed by atoms with Crippen LogP contribution in [-0.4, -0.2) is 23.6 Å². The van der Waals surface area contributed by atoms with E-state index in [4.69, 9.17) is 4.74 Å². The van der Waals surface area contributed by atoms with Gasteiger partial charge < -0.3 is 10.1 Å². The second-order valence-electron chi connectivity index (χ2n) is 4.78. The summed E-state index contributed by atoms with van der Waals surface area (Å²) in [6.07, 6.45) is 2.62. The van der Waals surface area contributed by atoms with E-state index in [2.05, 4.69) is 35.7 Å². The van der Waals surface area contributed by atoms with Gasteiger partial charge >= 0.3 is 0 Å². The van der Waals surface area contributed by atoms with E-state index in [1.807, 2.05) is 14.0 Å². The molecule has 4 heteroatoms. The maximum Gasteiger partial charge on any atom is 0.160 e. The van der Waals surface area contributed by atoms with Crippen LogP contribution in [0.1, 0.15) is 44.6 Å². The summed E-state index contributed by atoms with van der Waals surface area (Å²) in [4.78, 5) is 8.87. The highest BCUT2D eigenvalue weighted by atomic mass is 16.5. The van der Waals surface area contributed by atoms with Crippen LogP contribution in [0.4, 0.5) is 0 Å². The Labute approximate surface area is 109 Å². The lowest BCUT2D eigenvalue weighted by Gasteiger charge is -2.12. The van der Waals surface area contributed by atoms with Gasteiger partial charge in [-0.2, -0.15) is 0 Å². The Kier molecular flexibility index (Phi) is 5.78. The van der Waals surface area contributed by atoms with E-state index in [1.54, 1.807) is 6.20 Å². The standard InChI is InChI=1S/C14H23N3O/c1-10(2)6-7-18-13-9-16-14(11(3)4)17-12(13)8-15-5/h9,11,15H,1,6-8H2,2-5H3. The van der Waals surface area contributed by atoms with Crippen molar-refractivity contribution in [3.8, 4) is 5.75 Å². The molecule has 1 aromatic rings. The third kappa shape index (κ3) is 4.45. The van der Waals surface area contributed by atoms with Gasteiger partial charge in [0.25, 0.3) is 0 Å². The highest BCUT2D eigenvalue weighted by molar-refractivity contribution is 5.25. The quantitative estimate of drug-likeness (QED) is 0.755. The first-order chi connectivity index (χ1) is 8.54. The second-order valence-corrected chi connectivity index (χ2v) is 4.78. The van der Waals surface area contributed by atoms with Gasteiger partial charge in [-0.25, -0.2) is 9.97 Å². The van der Waals surface area contributed by atoms with Crippen LogP contribution < -0.4 is 10.1 Å². The monoisotopic (exact) mass is 249 g/mol. The molecule has 4 nitrogen and oxygen atoms in total. The van der Waals surface area contributed by atoms with E-state index < -0.39 is 0 Å². The van der Waals surface area contributed by atoms with Gasteiger partial charge in [0.15, 0.2) is 5.75 Å². The Balaban J connectivity index is 2.79.